The molecule has 188 valence electrons. The van der Waals surface area contributed by atoms with Gasteiger partial charge in [-0.2, -0.15) is 5.10 Å². The van der Waals surface area contributed by atoms with Crippen molar-refractivity contribution in [2.45, 2.75) is 65.2 Å². The Balaban J connectivity index is 1.86. The first-order valence-electron chi connectivity index (χ1n) is 12.9. The number of aromatic hydroxyl groups is 1. The molecular weight excluding hydrogens is 442 g/mol. The Labute approximate surface area is 216 Å². The van der Waals surface area contributed by atoms with Gasteiger partial charge in [0.25, 0.3) is 0 Å². The fraction of sp³-hybridized carbons (Fsp3) is 0.375. The molecule has 0 aromatic heterocycles. The first-order chi connectivity index (χ1) is 17.0. The number of hydrogen-bond donors (Lipinski definition) is 3. The molecule has 3 aliphatic carbocycles. The van der Waals surface area contributed by atoms with E-state index in [4.69, 9.17) is 5.41 Å². The largest absolute Gasteiger partial charge is 0.505 e. The van der Waals surface area contributed by atoms with Crippen LogP contribution in [0.1, 0.15) is 65.5 Å². The molecule has 3 aliphatic rings. The van der Waals surface area contributed by atoms with Crippen LogP contribution in [-0.2, 0) is 10.8 Å². The van der Waals surface area contributed by atoms with Gasteiger partial charge < -0.3 is 5.11 Å². The van der Waals surface area contributed by atoms with Crippen molar-refractivity contribution < 1.29 is 5.11 Å². The maximum Gasteiger partial charge on any atom is 0.144 e. The number of anilines is 1. The second-order valence-corrected chi connectivity index (χ2v) is 11.3. The van der Waals surface area contributed by atoms with Crippen LogP contribution >= 0.6 is 0 Å². The van der Waals surface area contributed by atoms with E-state index >= 15 is 0 Å². The lowest BCUT2D eigenvalue weighted by molar-refractivity contribution is 0.451. The van der Waals surface area contributed by atoms with E-state index < -0.39 is 5.41 Å². The van der Waals surface area contributed by atoms with E-state index in [9.17, 15) is 5.11 Å². The summed E-state index contributed by atoms with van der Waals surface area (Å²) < 4.78 is 0. The molecule has 1 aromatic rings. The van der Waals surface area contributed by atoms with E-state index in [2.05, 4.69) is 94.6 Å². The Morgan fingerprint density at radius 1 is 0.944 bits per heavy atom. The molecule has 0 saturated carbocycles. The van der Waals surface area contributed by atoms with Crippen molar-refractivity contribution in [3.63, 3.8) is 0 Å². The summed E-state index contributed by atoms with van der Waals surface area (Å²) in [5, 5.41) is 24.2. The molecule has 0 fully saturated rings. The third-order valence-corrected chi connectivity index (χ3v) is 7.85. The van der Waals surface area contributed by atoms with Gasteiger partial charge in [-0.25, -0.2) is 0 Å². The Kier molecular flexibility index (Phi) is 7.08. The van der Waals surface area contributed by atoms with Gasteiger partial charge in [0, 0.05) is 16.4 Å². The van der Waals surface area contributed by atoms with Gasteiger partial charge in [0.2, 0.25) is 0 Å². The molecule has 2 unspecified atom stereocenters. The SMILES string of the molecule is CC1C=C(C(C)(C)c2cc(C(C)(C)C3=CC=CCC3C)cc(N/N=C3/C=CC=CC3=N)c2O)C=CC1. The number of phenolic OH excluding ortho intramolecular Hbond substituents is 1. The van der Waals surface area contributed by atoms with Crippen LogP contribution < -0.4 is 5.43 Å². The van der Waals surface area contributed by atoms with Gasteiger partial charge in [0.05, 0.1) is 11.4 Å². The number of rotatable bonds is 6. The molecule has 0 amide bonds. The predicted molar refractivity (Wildman–Crippen MR) is 153 cm³/mol. The van der Waals surface area contributed by atoms with E-state index in [-0.39, 0.29) is 11.2 Å². The normalized spacial score (nSPS) is 23.2. The molecule has 0 spiro atoms. The fourth-order valence-electron chi connectivity index (χ4n) is 5.40. The molecule has 0 saturated heterocycles. The maximum absolute atomic E-state index is 11.6. The first-order valence-corrected chi connectivity index (χ1v) is 12.9. The molecule has 4 rings (SSSR count). The maximum atomic E-state index is 11.6. The average Bonchev–Trinajstić information content (AvgIpc) is 2.84. The summed E-state index contributed by atoms with van der Waals surface area (Å²) in [6, 6.07) is 4.20. The van der Waals surface area contributed by atoms with Gasteiger partial charge in [-0.1, -0.05) is 102 Å². The van der Waals surface area contributed by atoms with Gasteiger partial charge in [0.1, 0.15) is 11.5 Å². The third kappa shape index (κ3) is 4.95. The van der Waals surface area contributed by atoms with Crippen molar-refractivity contribution in [1.29, 1.82) is 5.41 Å². The summed E-state index contributed by atoms with van der Waals surface area (Å²) in [6.07, 6.45) is 22.6. The molecule has 0 bridgehead atoms. The number of benzene rings is 1. The smallest absolute Gasteiger partial charge is 0.144 e. The van der Waals surface area contributed by atoms with Crippen molar-refractivity contribution in [2.24, 2.45) is 16.9 Å². The molecule has 0 heterocycles. The number of nitrogens with one attached hydrogen (secondary N) is 2. The highest BCUT2D eigenvalue weighted by atomic mass is 16.3. The number of phenols is 1. The summed E-state index contributed by atoms with van der Waals surface area (Å²) in [5.41, 5.74) is 8.46. The second kappa shape index (κ2) is 9.93. The molecule has 0 radical (unpaired) electrons. The third-order valence-electron chi connectivity index (χ3n) is 7.85. The molecule has 1 aromatic carbocycles. The van der Waals surface area contributed by atoms with Gasteiger partial charge in [-0.05, 0) is 54.0 Å². The predicted octanol–water partition coefficient (Wildman–Crippen LogP) is 7.91. The van der Waals surface area contributed by atoms with Crippen LogP contribution in [0.25, 0.3) is 0 Å². The fourth-order valence-corrected chi connectivity index (χ4v) is 5.40. The van der Waals surface area contributed by atoms with Crippen molar-refractivity contribution in [1.82, 2.24) is 0 Å². The minimum Gasteiger partial charge on any atom is -0.505 e. The summed E-state index contributed by atoms with van der Waals surface area (Å²) in [5.74, 6) is 1.10. The standard InChI is InChI=1S/C32H39N3O/c1-21-12-11-14-23(18-21)31(3,4)26-19-24(32(5,6)25-15-8-7-13-22(25)2)20-29(30(26)36)35-34-28-17-10-9-16-27(28)33/h7-11,14-22,33,35-36H,12-13H2,1-6H3/b33-27?,34-28-. The Morgan fingerprint density at radius 3 is 2.39 bits per heavy atom. The van der Waals surface area contributed by atoms with E-state index in [1.807, 2.05) is 18.2 Å². The summed E-state index contributed by atoms with van der Waals surface area (Å²) in [4.78, 5) is 0. The highest BCUT2D eigenvalue weighted by Gasteiger charge is 2.35. The molecule has 4 nitrogen and oxygen atoms in total. The van der Waals surface area contributed by atoms with Crippen LogP contribution in [0.3, 0.4) is 0 Å². The lowest BCUT2D eigenvalue weighted by atomic mass is 9.68. The molecular formula is C32H39N3O. The summed E-state index contributed by atoms with van der Waals surface area (Å²) >= 11 is 0. The van der Waals surface area contributed by atoms with E-state index in [1.54, 1.807) is 12.2 Å². The average molecular weight is 482 g/mol. The zero-order chi connectivity index (χ0) is 26.1. The highest BCUT2D eigenvalue weighted by Crippen LogP contribution is 2.47. The van der Waals surface area contributed by atoms with Crippen LogP contribution in [0.2, 0.25) is 0 Å². The minimum absolute atomic E-state index is 0.198. The van der Waals surface area contributed by atoms with E-state index in [0.717, 1.165) is 24.0 Å². The van der Waals surface area contributed by atoms with E-state index in [0.29, 0.717) is 28.9 Å². The number of nitrogens with zero attached hydrogens (tertiary/aromatic N) is 1. The number of hydrogen-bond acceptors (Lipinski definition) is 4. The van der Waals surface area contributed by atoms with Crippen LogP contribution in [-0.4, -0.2) is 16.5 Å². The van der Waals surface area contributed by atoms with Crippen LogP contribution in [0, 0.1) is 17.2 Å². The first kappa shape index (κ1) is 25.7. The van der Waals surface area contributed by atoms with Gasteiger partial charge in [-0.3, -0.25) is 10.8 Å². The Hall–Kier alpha value is -3.40. The number of allylic oxidation sites excluding steroid dienone is 12. The van der Waals surface area contributed by atoms with Crippen molar-refractivity contribution in [3.05, 3.63) is 95.2 Å². The van der Waals surface area contributed by atoms with Crippen molar-refractivity contribution >= 4 is 17.1 Å². The lowest BCUT2D eigenvalue weighted by Gasteiger charge is -2.37. The topological polar surface area (TPSA) is 68.5 Å². The molecule has 36 heavy (non-hydrogen) atoms. The van der Waals surface area contributed by atoms with Crippen LogP contribution in [0.5, 0.6) is 5.75 Å². The minimum atomic E-state index is -0.405. The number of hydrazone groups is 1. The van der Waals surface area contributed by atoms with Crippen LogP contribution in [0.15, 0.2) is 89.1 Å². The summed E-state index contributed by atoms with van der Waals surface area (Å²) in [6.45, 7) is 13.4. The molecule has 3 N–H and O–H groups in total. The monoisotopic (exact) mass is 481 g/mol. The zero-order valence-corrected chi connectivity index (χ0v) is 22.4. The van der Waals surface area contributed by atoms with Crippen molar-refractivity contribution in [3.8, 4) is 5.75 Å². The lowest BCUT2D eigenvalue weighted by Crippen LogP contribution is -2.28. The van der Waals surface area contributed by atoms with Crippen molar-refractivity contribution in [2.75, 3.05) is 5.43 Å². The van der Waals surface area contributed by atoms with Gasteiger partial charge in [0.15, 0.2) is 0 Å². The van der Waals surface area contributed by atoms with E-state index in [1.165, 1.54) is 11.1 Å². The Bertz CT molecular complexity index is 1260. The van der Waals surface area contributed by atoms with Gasteiger partial charge >= 0.3 is 0 Å². The summed E-state index contributed by atoms with van der Waals surface area (Å²) in [7, 11) is 0. The molecule has 0 aliphatic heterocycles. The second-order valence-electron chi connectivity index (χ2n) is 11.3. The Morgan fingerprint density at radius 2 is 1.69 bits per heavy atom. The van der Waals surface area contributed by atoms with Crippen LogP contribution in [0.4, 0.5) is 5.69 Å². The zero-order valence-electron chi connectivity index (χ0n) is 22.4. The quantitative estimate of drug-likeness (QED) is 0.219. The molecule has 2 atom stereocenters. The van der Waals surface area contributed by atoms with Gasteiger partial charge in [-0.15, -0.1) is 0 Å². The molecule has 4 heteroatoms. The highest BCUT2D eigenvalue weighted by molar-refractivity contribution is 6.50.